The highest BCUT2D eigenvalue weighted by molar-refractivity contribution is 5.63. The average Bonchev–Trinajstić information content (AvgIpc) is 3.05. The molecule has 0 unspecified atom stereocenters. The maximum atomic E-state index is 10.7. The minimum Gasteiger partial charge on any atom is -0.504 e. The van der Waals surface area contributed by atoms with Crippen LogP contribution in [0, 0.1) is 0 Å². The number of benzene rings is 4. The summed E-state index contributed by atoms with van der Waals surface area (Å²) in [7, 11) is 9.33. The number of phenols is 1. The number of fused-ring (bicyclic) bond motifs is 2. The monoisotopic (exact) mass is 625 g/mol. The quantitative estimate of drug-likeness (QED) is 0.248. The molecule has 0 aliphatic carbocycles. The largest absolute Gasteiger partial charge is 0.504 e. The lowest BCUT2D eigenvalue weighted by Gasteiger charge is -2.37. The van der Waals surface area contributed by atoms with Crippen molar-refractivity contribution >= 4 is 0 Å². The second-order valence-corrected chi connectivity index (χ2v) is 12.3. The van der Waals surface area contributed by atoms with Gasteiger partial charge in [-0.05, 0) is 110 Å². The molecule has 0 aromatic heterocycles. The van der Waals surface area contributed by atoms with E-state index in [-0.39, 0.29) is 24.0 Å². The molecule has 242 valence electrons. The third-order valence-corrected chi connectivity index (χ3v) is 9.64. The summed E-state index contributed by atoms with van der Waals surface area (Å²) in [4.78, 5) is 4.75. The van der Waals surface area contributed by atoms with Crippen LogP contribution in [0.25, 0.3) is 0 Å². The molecule has 0 radical (unpaired) electrons. The molecule has 46 heavy (non-hydrogen) atoms. The lowest BCUT2D eigenvalue weighted by Crippen LogP contribution is -2.34. The summed E-state index contributed by atoms with van der Waals surface area (Å²) >= 11 is 0. The van der Waals surface area contributed by atoms with Crippen LogP contribution in [0.2, 0.25) is 0 Å². The van der Waals surface area contributed by atoms with E-state index >= 15 is 0 Å². The van der Waals surface area contributed by atoms with Crippen molar-refractivity contribution in [2.24, 2.45) is 0 Å². The lowest BCUT2D eigenvalue weighted by molar-refractivity contribution is 0.220. The first-order valence-electron chi connectivity index (χ1n) is 15.5. The van der Waals surface area contributed by atoms with Gasteiger partial charge in [0.25, 0.3) is 0 Å². The Labute approximate surface area is 270 Å². The van der Waals surface area contributed by atoms with Gasteiger partial charge in [0.05, 0.1) is 21.3 Å². The summed E-state index contributed by atoms with van der Waals surface area (Å²) < 4.78 is 31.0. The average molecular weight is 626 g/mol. The Kier molecular flexibility index (Phi) is 8.74. The number of hydrogen-bond donors (Lipinski definition) is 2. The molecule has 0 saturated heterocycles. The zero-order valence-electron chi connectivity index (χ0n) is 27.3. The van der Waals surface area contributed by atoms with Gasteiger partial charge in [0.1, 0.15) is 5.75 Å². The maximum Gasteiger partial charge on any atom is 0.204 e. The fraction of sp³-hybridized carbons (Fsp3) is 0.351. The van der Waals surface area contributed by atoms with Crippen LogP contribution in [-0.4, -0.2) is 63.4 Å². The number of hydrogen-bond acceptors (Lipinski definition) is 9. The minimum absolute atomic E-state index is 0. The Balaban J connectivity index is 0.00000372. The Bertz CT molecular complexity index is 1740. The summed E-state index contributed by atoms with van der Waals surface area (Å²) in [6, 6.07) is 20.3. The van der Waals surface area contributed by atoms with Crippen LogP contribution in [0.4, 0.5) is 0 Å². The van der Waals surface area contributed by atoms with E-state index in [2.05, 4.69) is 54.2 Å². The summed E-state index contributed by atoms with van der Waals surface area (Å²) in [5.74, 6) is 4.37. The zero-order valence-corrected chi connectivity index (χ0v) is 27.3. The number of likely N-dealkylation sites (N-methyl/N-ethyl adjacent to an activating group) is 2. The molecule has 4 aliphatic rings. The SMILES string of the molecule is COc1cc2c3cc1Oc1c(OC)c(OC)cc4c1[C@@H](Cc1ccc(O)c(c1)Oc1ccc(cc1)C[C@@H]3N(C)CC2)N(C)CC4.N. The molecule has 2 atom stereocenters. The highest BCUT2D eigenvalue weighted by atomic mass is 16.5. The molecular weight excluding hydrogens is 582 g/mol. The maximum absolute atomic E-state index is 10.7. The van der Waals surface area contributed by atoms with Gasteiger partial charge in [-0.1, -0.05) is 18.2 Å². The van der Waals surface area contributed by atoms with Gasteiger partial charge in [0, 0.05) is 30.7 Å². The van der Waals surface area contributed by atoms with Crippen molar-refractivity contribution in [2.75, 3.05) is 48.5 Å². The first-order chi connectivity index (χ1) is 21.9. The number of aromatic hydroxyl groups is 1. The Morgan fingerprint density at radius 3 is 2.07 bits per heavy atom. The summed E-state index contributed by atoms with van der Waals surface area (Å²) in [6.07, 6.45) is 3.25. The van der Waals surface area contributed by atoms with E-state index in [0.717, 1.165) is 49.0 Å². The van der Waals surface area contributed by atoms with Gasteiger partial charge in [0.15, 0.2) is 34.5 Å². The Morgan fingerprint density at radius 1 is 0.696 bits per heavy atom. The molecule has 0 fully saturated rings. The minimum atomic E-state index is -0.0402. The molecule has 8 rings (SSSR count). The molecule has 4 aliphatic heterocycles. The van der Waals surface area contributed by atoms with E-state index in [1.165, 1.54) is 16.7 Å². The molecule has 9 nitrogen and oxygen atoms in total. The molecule has 9 heteroatoms. The summed E-state index contributed by atoms with van der Waals surface area (Å²) in [5, 5.41) is 10.7. The molecule has 0 spiro atoms. The van der Waals surface area contributed by atoms with Crippen LogP contribution in [0.3, 0.4) is 0 Å². The van der Waals surface area contributed by atoms with E-state index in [9.17, 15) is 5.11 Å². The first-order valence-corrected chi connectivity index (χ1v) is 15.5. The van der Waals surface area contributed by atoms with E-state index in [0.29, 0.717) is 46.7 Å². The van der Waals surface area contributed by atoms with E-state index in [1.54, 1.807) is 27.4 Å². The Hall–Kier alpha value is -4.44. The molecule has 6 bridgehead atoms. The van der Waals surface area contributed by atoms with Crippen LogP contribution >= 0.6 is 0 Å². The summed E-state index contributed by atoms with van der Waals surface area (Å²) in [5.41, 5.74) is 6.93. The smallest absolute Gasteiger partial charge is 0.204 e. The molecular formula is C37H43N3O6. The van der Waals surface area contributed by atoms with Gasteiger partial charge in [-0.15, -0.1) is 0 Å². The van der Waals surface area contributed by atoms with Crippen LogP contribution in [-0.2, 0) is 25.7 Å². The first kappa shape index (κ1) is 31.5. The van der Waals surface area contributed by atoms with Crippen molar-refractivity contribution in [1.29, 1.82) is 0 Å². The molecule has 4 aromatic carbocycles. The number of rotatable bonds is 3. The zero-order chi connectivity index (χ0) is 31.2. The van der Waals surface area contributed by atoms with Crippen LogP contribution in [0.5, 0.6) is 46.0 Å². The van der Waals surface area contributed by atoms with Gasteiger partial charge >= 0.3 is 0 Å². The van der Waals surface area contributed by atoms with Gasteiger partial charge in [0.2, 0.25) is 5.75 Å². The fourth-order valence-electron chi connectivity index (χ4n) is 7.11. The van der Waals surface area contributed by atoms with E-state index < -0.39 is 0 Å². The van der Waals surface area contributed by atoms with Gasteiger partial charge < -0.3 is 34.9 Å². The second kappa shape index (κ2) is 12.7. The molecule has 4 aromatic rings. The van der Waals surface area contributed by atoms with Crippen molar-refractivity contribution in [3.05, 3.63) is 94.0 Å². The third kappa shape index (κ3) is 5.59. The van der Waals surface area contributed by atoms with E-state index in [4.69, 9.17) is 23.7 Å². The lowest BCUT2D eigenvalue weighted by atomic mass is 9.87. The van der Waals surface area contributed by atoms with Crippen molar-refractivity contribution in [1.82, 2.24) is 16.0 Å². The predicted molar refractivity (Wildman–Crippen MR) is 178 cm³/mol. The molecule has 0 saturated carbocycles. The topological polar surface area (TPSA) is 108 Å². The number of ether oxygens (including phenoxy) is 5. The van der Waals surface area contributed by atoms with Crippen molar-refractivity contribution < 1.29 is 28.8 Å². The highest BCUT2D eigenvalue weighted by Gasteiger charge is 2.34. The van der Waals surface area contributed by atoms with Crippen molar-refractivity contribution in [3.63, 3.8) is 0 Å². The van der Waals surface area contributed by atoms with Crippen LogP contribution < -0.4 is 29.8 Å². The molecule has 0 amide bonds. The van der Waals surface area contributed by atoms with Crippen molar-refractivity contribution in [3.8, 4) is 46.0 Å². The van der Waals surface area contributed by atoms with Crippen LogP contribution in [0.15, 0.2) is 60.7 Å². The fourth-order valence-corrected chi connectivity index (χ4v) is 7.11. The second-order valence-electron chi connectivity index (χ2n) is 12.3. The molecule has 4 heterocycles. The number of phenolic OH excluding ortho intramolecular Hbond substituents is 1. The summed E-state index contributed by atoms with van der Waals surface area (Å²) in [6.45, 7) is 1.82. The predicted octanol–water partition coefficient (Wildman–Crippen LogP) is 7.02. The number of nitrogens with zero attached hydrogens (tertiary/aromatic N) is 2. The van der Waals surface area contributed by atoms with Gasteiger partial charge in [-0.3, -0.25) is 9.80 Å². The third-order valence-electron chi connectivity index (χ3n) is 9.64. The van der Waals surface area contributed by atoms with E-state index in [1.807, 2.05) is 24.3 Å². The van der Waals surface area contributed by atoms with Crippen molar-refractivity contribution in [2.45, 2.75) is 37.8 Å². The Morgan fingerprint density at radius 2 is 1.35 bits per heavy atom. The van der Waals surface area contributed by atoms with Gasteiger partial charge in [-0.25, -0.2) is 0 Å². The standard InChI is InChI=1S/C37H40N2O6.H3N/c1-38-14-12-24-19-32(41-3)33-21-27(24)28(38)16-22-6-9-26(10-7-22)44-31-18-23(8-11-30(31)40)17-29-35-25(13-15-39(29)2)20-34(42-4)36(43-5)37(35)45-33;/h6-11,18-21,28-29,40H,12-17H2,1-5H3;1H3/t28-,29+;/m0./s1. The number of methoxy groups -OCH3 is 3. The highest BCUT2D eigenvalue weighted by Crippen LogP contribution is 2.52. The van der Waals surface area contributed by atoms with Gasteiger partial charge in [-0.2, -0.15) is 0 Å². The normalized spacial score (nSPS) is 19.0. The van der Waals surface area contributed by atoms with Crippen LogP contribution in [0.1, 0.15) is 45.5 Å². The molecule has 4 N–H and O–H groups in total.